The van der Waals surface area contributed by atoms with Crippen molar-refractivity contribution >= 4 is 23.2 Å². The number of hydrogen-bond donors (Lipinski definition) is 2. The molecule has 5 nitrogen and oxygen atoms in total. The molecular formula is C18H18FN3O2. The third-order valence-electron chi connectivity index (χ3n) is 3.12. The van der Waals surface area contributed by atoms with Crippen molar-refractivity contribution in [1.29, 1.82) is 0 Å². The first-order valence-corrected chi connectivity index (χ1v) is 7.44. The average Bonchev–Trinajstić information content (AvgIpc) is 2.56. The Hall–Kier alpha value is -3.02. The highest BCUT2D eigenvalue weighted by Gasteiger charge is 2.06. The lowest BCUT2D eigenvalue weighted by atomic mass is 10.1. The Kier molecular flexibility index (Phi) is 6.19. The van der Waals surface area contributed by atoms with Gasteiger partial charge in [-0.3, -0.25) is 9.59 Å². The molecule has 0 aliphatic rings. The van der Waals surface area contributed by atoms with Gasteiger partial charge >= 0.3 is 0 Å². The van der Waals surface area contributed by atoms with Crippen molar-refractivity contribution in [3.05, 3.63) is 66.0 Å². The van der Waals surface area contributed by atoms with Crippen molar-refractivity contribution in [2.75, 3.05) is 5.32 Å². The molecule has 24 heavy (non-hydrogen) atoms. The van der Waals surface area contributed by atoms with E-state index in [1.165, 1.54) is 24.3 Å². The molecule has 0 saturated heterocycles. The summed E-state index contributed by atoms with van der Waals surface area (Å²) in [6.45, 7) is 1.65. The van der Waals surface area contributed by atoms with Gasteiger partial charge in [-0.05, 0) is 36.8 Å². The summed E-state index contributed by atoms with van der Waals surface area (Å²) in [6, 6.07) is 14.8. The SMILES string of the molecule is C/C(CC(=O)Nc1ccc(F)cc1)=N/NC(=O)Cc1ccccc1. The van der Waals surface area contributed by atoms with Gasteiger partial charge in [-0.1, -0.05) is 30.3 Å². The lowest BCUT2D eigenvalue weighted by Gasteiger charge is -2.05. The Morgan fingerprint density at radius 2 is 1.67 bits per heavy atom. The highest BCUT2D eigenvalue weighted by Crippen LogP contribution is 2.08. The monoisotopic (exact) mass is 327 g/mol. The Bertz CT molecular complexity index is 728. The minimum atomic E-state index is -0.369. The highest BCUT2D eigenvalue weighted by atomic mass is 19.1. The van der Waals surface area contributed by atoms with E-state index in [0.29, 0.717) is 11.4 Å². The number of benzene rings is 2. The smallest absolute Gasteiger partial charge is 0.244 e. The number of carbonyl (C=O) groups excluding carboxylic acids is 2. The molecule has 0 aliphatic heterocycles. The Balaban J connectivity index is 1.79. The zero-order chi connectivity index (χ0) is 17.4. The second kappa shape index (κ2) is 8.57. The van der Waals surface area contributed by atoms with Crippen LogP contribution in [0.2, 0.25) is 0 Å². The maximum Gasteiger partial charge on any atom is 0.244 e. The molecule has 124 valence electrons. The lowest BCUT2D eigenvalue weighted by molar-refractivity contribution is -0.120. The molecule has 2 aromatic rings. The minimum Gasteiger partial charge on any atom is -0.326 e. The van der Waals surface area contributed by atoms with Gasteiger partial charge in [0.2, 0.25) is 11.8 Å². The molecule has 0 aliphatic carbocycles. The molecular weight excluding hydrogens is 309 g/mol. The fourth-order valence-corrected chi connectivity index (χ4v) is 1.99. The van der Waals surface area contributed by atoms with Gasteiger partial charge in [0, 0.05) is 11.4 Å². The van der Waals surface area contributed by atoms with E-state index in [1.807, 2.05) is 30.3 Å². The van der Waals surface area contributed by atoms with E-state index in [-0.39, 0.29) is 30.5 Å². The second-order valence-electron chi connectivity index (χ2n) is 5.28. The normalized spacial score (nSPS) is 11.0. The molecule has 0 radical (unpaired) electrons. The first-order chi connectivity index (χ1) is 11.5. The van der Waals surface area contributed by atoms with Crippen LogP contribution in [0.3, 0.4) is 0 Å². The van der Waals surface area contributed by atoms with Crippen LogP contribution in [0.15, 0.2) is 59.7 Å². The van der Waals surface area contributed by atoms with E-state index in [2.05, 4.69) is 15.8 Å². The maximum absolute atomic E-state index is 12.8. The predicted molar refractivity (Wildman–Crippen MR) is 91.0 cm³/mol. The Labute approximate surface area is 139 Å². The highest BCUT2D eigenvalue weighted by molar-refractivity contribution is 6.05. The van der Waals surface area contributed by atoms with Crippen LogP contribution in [0.25, 0.3) is 0 Å². The number of anilines is 1. The molecule has 0 saturated carbocycles. The summed E-state index contributed by atoms with van der Waals surface area (Å²) < 4.78 is 12.8. The molecule has 6 heteroatoms. The predicted octanol–water partition coefficient (Wildman–Crippen LogP) is 2.89. The molecule has 2 rings (SSSR count). The van der Waals surface area contributed by atoms with E-state index < -0.39 is 0 Å². The summed E-state index contributed by atoms with van der Waals surface area (Å²) in [7, 11) is 0. The molecule has 2 aromatic carbocycles. The lowest BCUT2D eigenvalue weighted by Crippen LogP contribution is -2.22. The third kappa shape index (κ3) is 6.00. The first kappa shape index (κ1) is 17.3. The van der Waals surface area contributed by atoms with Crippen LogP contribution in [0.5, 0.6) is 0 Å². The molecule has 0 unspecified atom stereocenters. The quantitative estimate of drug-likeness (QED) is 0.632. The number of hydrogen-bond acceptors (Lipinski definition) is 3. The summed E-state index contributed by atoms with van der Waals surface area (Å²) in [5.74, 6) is -0.911. The van der Waals surface area contributed by atoms with Crippen molar-refractivity contribution < 1.29 is 14.0 Å². The summed E-state index contributed by atoms with van der Waals surface area (Å²) in [5.41, 5.74) is 4.28. The van der Waals surface area contributed by atoms with Crippen molar-refractivity contribution in [3.63, 3.8) is 0 Å². The number of carbonyl (C=O) groups is 2. The van der Waals surface area contributed by atoms with Crippen molar-refractivity contribution in [2.45, 2.75) is 19.8 Å². The van der Waals surface area contributed by atoms with Crippen molar-refractivity contribution in [3.8, 4) is 0 Å². The largest absolute Gasteiger partial charge is 0.326 e. The second-order valence-corrected chi connectivity index (χ2v) is 5.28. The number of halogens is 1. The molecule has 0 fully saturated rings. The minimum absolute atomic E-state index is 0.0307. The van der Waals surface area contributed by atoms with Crippen LogP contribution < -0.4 is 10.7 Å². The van der Waals surface area contributed by atoms with Gasteiger partial charge in [0.25, 0.3) is 0 Å². The van der Waals surface area contributed by atoms with Crippen LogP contribution in [-0.2, 0) is 16.0 Å². The van der Waals surface area contributed by atoms with Crippen molar-refractivity contribution in [2.24, 2.45) is 5.10 Å². The zero-order valence-corrected chi connectivity index (χ0v) is 13.3. The van der Waals surface area contributed by atoms with Crippen LogP contribution in [-0.4, -0.2) is 17.5 Å². The summed E-state index contributed by atoms with van der Waals surface area (Å²) in [4.78, 5) is 23.6. The van der Waals surface area contributed by atoms with Crippen LogP contribution in [0.1, 0.15) is 18.9 Å². The molecule has 0 bridgehead atoms. The summed E-state index contributed by atoms with van der Waals surface area (Å²) in [6.07, 6.45) is 0.252. The van der Waals surface area contributed by atoms with Gasteiger partial charge in [-0.15, -0.1) is 0 Å². The van der Waals surface area contributed by atoms with Gasteiger partial charge in [0.05, 0.1) is 12.8 Å². The third-order valence-corrected chi connectivity index (χ3v) is 3.12. The Morgan fingerprint density at radius 3 is 2.33 bits per heavy atom. The maximum atomic E-state index is 12.8. The Morgan fingerprint density at radius 1 is 1.00 bits per heavy atom. The molecule has 0 spiro atoms. The van der Waals surface area contributed by atoms with Gasteiger partial charge in [-0.2, -0.15) is 5.10 Å². The molecule has 0 atom stereocenters. The van der Waals surface area contributed by atoms with E-state index >= 15 is 0 Å². The number of rotatable bonds is 6. The molecule has 0 aromatic heterocycles. The van der Waals surface area contributed by atoms with E-state index in [4.69, 9.17) is 0 Å². The number of hydrazone groups is 1. The fourth-order valence-electron chi connectivity index (χ4n) is 1.99. The van der Waals surface area contributed by atoms with Gasteiger partial charge in [0.15, 0.2) is 0 Å². The van der Waals surface area contributed by atoms with Crippen molar-refractivity contribution in [1.82, 2.24) is 5.43 Å². The molecule has 0 heterocycles. The van der Waals surface area contributed by atoms with Gasteiger partial charge < -0.3 is 5.32 Å². The first-order valence-electron chi connectivity index (χ1n) is 7.44. The van der Waals surface area contributed by atoms with Gasteiger partial charge in [0.1, 0.15) is 5.82 Å². The number of nitrogens with zero attached hydrogens (tertiary/aromatic N) is 1. The molecule has 2 N–H and O–H groups in total. The van der Waals surface area contributed by atoms with Crippen LogP contribution in [0.4, 0.5) is 10.1 Å². The number of amides is 2. The summed E-state index contributed by atoms with van der Waals surface area (Å²) >= 11 is 0. The number of nitrogens with one attached hydrogen (secondary N) is 2. The standard InChI is InChI=1S/C18H18FN3O2/c1-13(11-17(23)20-16-9-7-15(19)8-10-16)21-22-18(24)12-14-5-3-2-4-6-14/h2-10H,11-12H2,1H3,(H,20,23)(H,22,24)/b21-13-. The topological polar surface area (TPSA) is 70.6 Å². The van der Waals surface area contributed by atoms with Crippen LogP contribution >= 0.6 is 0 Å². The fraction of sp³-hybridized carbons (Fsp3) is 0.167. The molecule has 2 amide bonds. The van der Waals surface area contributed by atoms with E-state index in [0.717, 1.165) is 5.56 Å². The van der Waals surface area contributed by atoms with E-state index in [9.17, 15) is 14.0 Å². The average molecular weight is 327 g/mol. The van der Waals surface area contributed by atoms with E-state index in [1.54, 1.807) is 6.92 Å². The summed E-state index contributed by atoms with van der Waals surface area (Å²) in [5, 5.41) is 6.54. The zero-order valence-electron chi connectivity index (χ0n) is 13.3. The van der Waals surface area contributed by atoms with Crippen LogP contribution in [0, 0.1) is 5.82 Å². The van der Waals surface area contributed by atoms with Gasteiger partial charge in [-0.25, -0.2) is 9.82 Å².